The van der Waals surface area contributed by atoms with E-state index in [-0.39, 0.29) is 11.8 Å². The van der Waals surface area contributed by atoms with Crippen LogP contribution >= 0.6 is 0 Å². The predicted molar refractivity (Wildman–Crippen MR) is 82.8 cm³/mol. The van der Waals surface area contributed by atoms with E-state index in [0.29, 0.717) is 18.9 Å². The second kappa shape index (κ2) is 5.80. The number of carbonyl (C=O) groups excluding carboxylic acids is 1. The van der Waals surface area contributed by atoms with Crippen LogP contribution < -0.4 is 0 Å². The first-order valence-electron chi connectivity index (χ1n) is 8.13. The van der Waals surface area contributed by atoms with Gasteiger partial charge in [-0.25, -0.2) is 0 Å². The Hall–Kier alpha value is -1.35. The van der Waals surface area contributed by atoms with Crippen molar-refractivity contribution in [3.8, 4) is 0 Å². The van der Waals surface area contributed by atoms with Crippen LogP contribution in [-0.2, 0) is 11.2 Å². The summed E-state index contributed by atoms with van der Waals surface area (Å²) < 4.78 is 0. The van der Waals surface area contributed by atoms with Crippen LogP contribution in [0.5, 0.6) is 0 Å². The molecule has 1 aromatic carbocycles. The van der Waals surface area contributed by atoms with E-state index in [0.717, 1.165) is 32.2 Å². The maximum absolute atomic E-state index is 12.3. The smallest absolute Gasteiger partial charge is 0.222 e. The Morgan fingerprint density at radius 1 is 1.33 bits per heavy atom. The molecular formula is C18H25NO2. The molecule has 114 valence electrons. The number of hydrogen-bond donors (Lipinski definition) is 1. The highest BCUT2D eigenvalue weighted by molar-refractivity contribution is 5.76. The first kappa shape index (κ1) is 14.6. The molecule has 1 saturated carbocycles. The Morgan fingerprint density at radius 3 is 2.71 bits per heavy atom. The van der Waals surface area contributed by atoms with Crippen molar-refractivity contribution in [2.75, 3.05) is 13.1 Å². The molecule has 21 heavy (non-hydrogen) atoms. The summed E-state index contributed by atoms with van der Waals surface area (Å²) in [5.74, 6) is 0.840. The van der Waals surface area contributed by atoms with Gasteiger partial charge in [0.15, 0.2) is 0 Å². The molecule has 0 radical (unpaired) electrons. The number of rotatable bonds is 5. The molecule has 0 unspecified atom stereocenters. The van der Waals surface area contributed by atoms with Crippen molar-refractivity contribution in [3.05, 3.63) is 35.9 Å². The molecule has 1 heterocycles. The zero-order valence-electron chi connectivity index (χ0n) is 12.8. The minimum absolute atomic E-state index is 0.203. The quantitative estimate of drug-likeness (QED) is 0.904. The van der Waals surface area contributed by atoms with E-state index in [1.807, 2.05) is 23.1 Å². The number of β-amino-alcohol motifs (C(OH)–C–C–N with tert-alkyl or cyclic N) is 1. The van der Waals surface area contributed by atoms with Gasteiger partial charge in [-0.3, -0.25) is 4.79 Å². The molecule has 0 aromatic heterocycles. The minimum Gasteiger partial charge on any atom is -0.387 e. The van der Waals surface area contributed by atoms with Crippen LogP contribution in [0, 0.1) is 11.8 Å². The van der Waals surface area contributed by atoms with Gasteiger partial charge in [0.1, 0.15) is 0 Å². The van der Waals surface area contributed by atoms with Gasteiger partial charge >= 0.3 is 0 Å². The van der Waals surface area contributed by atoms with E-state index in [9.17, 15) is 9.90 Å². The molecule has 2 atom stereocenters. The zero-order chi connectivity index (χ0) is 14.9. The van der Waals surface area contributed by atoms with Crippen molar-refractivity contribution < 1.29 is 9.90 Å². The number of aryl methyl sites for hydroxylation is 1. The normalized spacial score (nSPS) is 28.9. The lowest BCUT2D eigenvalue weighted by molar-refractivity contribution is -0.131. The third kappa shape index (κ3) is 3.13. The van der Waals surface area contributed by atoms with Gasteiger partial charge in [0, 0.05) is 25.4 Å². The molecular weight excluding hydrogens is 262 g/mol. The van der Waals surface area contributed by atoms with Crippen LogP contribution in [0.3, 0.4) is 0 Å². The lowest BCUT2D eigenvalue weighted by Crippen LogP contribution is -2.40. The van der Waals surface area contributed by atoms with Gasteiger partial charge in [-0.15, -0.1) is 0 Å². The number of carbonyl (C=O) groups is 1. The number of amides is 1. The number of nitrogens with zero attached hydrogens (tertiary/aromatic N) is 1. The molecule has 0 spiro atoms. The number of aliphatic hydroxyl groups is 1. The highest BCUT2D eigenvalue weighted by Crippen LogP contribution is 2.47. The summed E-state index contributed by atoms with van der Waals surface area (Å²) in [6.45, 7) is 3.34. The Kier molecular flexibility index (Phi) is 4.03. The second-order valence-corrected chi connectivity index (χ2v) is 6.78. The molecule has 1 saturated heterocycles. The fourth-order valence-corrected chi connectivity index (χ4v) is 3.57. The van der Waals surface area contributed by atoms with E-state index >= 15 is 0 Å². The summed E-state index contributed by atoms with van der Waals surface area (Å²) in [6.07, 6.45) is 4.66. The van der Waals surface area contributed by atoms with Gasteiger partial charge in [-0.05, 0) is 37.2 Å². The summed E-state index contributed by atoms with van der Waals surface area (Å²) in [5.41, 5.74) is 0.671. The highest BCUT2D eigenvalue weighted by Gasteiger charge is 2.53. The van der Waals surface area contributed by atoms with Crippen molar-refractivity contribution >= 4 is 5.91 Å². The summed E-state index contributed by atoms with van der Waals surface area (Å²) in [4.78, 5) is 14.2. The molecule has 1 aliphatic heterocycles. The second-order valence-electron chi connectivity index (χ2n) is 6.78. The summed E-state index contributed by atoms with van der Waals surface area (Å²) in [6, 6.07) is 10.3. The molecule has 2 fully saturated rings. The Morgan fingerprint density at radius 2 is 2.05 bits per heavy atom. The average Bonchev–Trinajstić information content (AvgIpc) is 3.28. The molecule has 1 aromatic rings. The van der Waals surface area contributed by atoms with Crippen LogP contribution in [0.15, 0.2) is 30.3 Å². The number of likely N-dealkylation sites (tertiary alicyclic amines) is 1. The molecule has 0 bridgehead atoms. The highest BCUT2D eigenvalue weighted by atomic mass is 16.3. The molecule has 3 nitrogen and oxygen atoms in total. The fraction of sp³-hybridized carbons (Fsp3) is 0.611. The van der Waals surface area contributed by atoms with Crippen LogP contribution in [0.25, 0.3) is 0 Å². The molecule has 3 heteroatoms. The average molecular weight is 287 g/mol. The first-order chi connectivity index (χ1) is 10.1. The molecule has 2 aliphatic rings. The maximum atomic E-state index is 12.3. The minimum atomic E-state index is -0.616. The summed E-state index contributed by atoms with van der Waals surface area (Å²) >= 11 is 0. The first-order valence-corrected chi connectivity index (χ1v) is 8.13. The van der Waals surface area contributed by atoms with E-state index in [4.69, 9.17) is 0 Å². The van der Waals surface area contributed by atoms with Gasteiger partial charge < -0.3 is 10.0 Å². The zero-order valence-corrected chi connectivity index (χ0v) is 12.8. The van der Waals surface area contributed by atoms with E-state index in [1.54, 1.807) is 0 Å². The van der Waals surface area contributed by atoms with Crippen LogP contribution in [0.4, 0.5) is 0 Å². The largest absolute Gasteiger partial charge is 0.387 e. The van der Waals surface area contributed by atoms with Crippen LogP contribution in [0.2, 0.25) is 0 Å². The van der Waals surface area contributed by atoms with Gasteiger partial charge in [0.25, 0.3) is 0 Å². The van der Waals surface area contributed by atoms with E-state index < -0.39 is 5.60 Å². The van der Waals surface area contributed by atoms with Gasteiger partial charge in [0.2, 0.25) is 5.91 Å². The van der Waals surface area contributed by atoms with E-state index in [2.05, 4.69) is 19.1 Å². The Bertz CT molecular complexity index is 497. The van der Waals surface area contributed by atoms with Crippen molar-refractivity contribution in [1.82, 2.24) is 4.90 Å². The van der Waals surface area contributed by atoms with Crippen LogP contribution in [-0.4, -0.2) is 34.6 Å². The standard InChI is InChI=1S/C18H25NO2/c1-14-12-19(13-18(14,21)16-10-11-16)17(20)9-5-8-15-6-3-2-4-7-15/h2-4,6-7,14,16,21H,5,8-13H2,1H3/t14-,18+/m1/s1. The van der Waals surface area contributed by atoms with E-state index in [1.165, 1.54) is 5.56 Å². The topological polar surface area (TPSA) is 40.5 Å². The van der Waals surface area contributed by atoms with Crippen molar-refractivity contribution in [2.24, 2.45) is 11.8 Å². The maximum Gasteiger partial charge on any atom is 0.222 e. The lowest BCUT2D eigenvalue weighted by Gasteiger charge is -2.26. The molecule has 1 amide bonds. The summed E-state index contributed by atoms with van der Waals surface area (Å²) in [5, 5.41) is 10.7. The molecule has 1 N–H and O–H groups in total. The number of hydrogen-bond acceptors (Lipinski definition) is 2. The van der Waals surface area contributed by atoms with Gasteiger partial charge in [-0.1, -0.05) is 37.3 Å². The lowest BCUT2D eigenvalue weighted by atomic mass is 9.88. The van der Waals surface area contributed by atoms with Gasteiger partial charge in [-0.2, -0.15) is 0 Å². The van der Waals surface area contributed by atoms with Crippen LogP contribution in [0.1, 0.15) is 38.2 Å². The monoisotopic (exact) mass is 287 g/mol. The molecule has 1 aliphatic carbocycles. The third-order valence-electron chi connectivity index (χ3n) is 5.13. The fourth-order valence-electron chi connectivity index (χ4n) is 3.57. The van der Waals surface area contributed by atoms with Crippen molar-refractivity contribution in [2.45, 2.75) is 44.6 Å². The summed E-state index contributed by atoms with van der Waals surface area (Å²) in [7, 11) is 0. The number of benzene rings is 1. The SMILES string of the molecule is C[C@@H]1CN(C(=O)CCCc2ccccc2)C[C@@]1(O)C1CC1. The van der Waals surface area contributed by atoms with Crippen molar-refractivity contribution in [3.63, 3.8) is 0 Å². The predicted octanol–water partition coefficient (Wildman–Crippen LogP) is 2.63. The Labute approximate surface area is 127 Å². The van der Waals surface area contributed by atoms with Gasteiger partial charge in [0.05, 0.1) is 5.60 Å². The molecule has 3 rings (SSSR count). The van der Waals surface area contributed by atoms with Crippen molar-refractivity contribution in [1.29, 1.82) is 0 Å². The third-order valence-corrected chi connectivity index (χ3v) is 5.13. The Balaban J connectivity index is 1.48.